The fourth-order valence-corrected chi connectivity index (χ4v) is 10.5. The quantitative estimate of drug-likeness (QED) is 0.0353. The van der Waals surface area contributed by atoms with Gasteiger partial charge in [0.15, 0.2) is 43.3 Å². The molecule has 6 heterocycles. The molecule has 0 aromatic heterocycles. The number of hydrogen-bond acceptors (Lipinski definition) is 34. The van der Waals surface area contributed by atoms with E-state index in [4.69, 9.17) is 86.5 Å². The molecule has 0 aliphatic carbocycles. The molecule has 5 unspecified atom stereocenters. The molecule has 31 atom stereocenters. The van der Waals surface area contributed by atoms with E-state index < -0.39 is 241 Å². The van der Waals surface area contributed by atoms with Gasteiger partial charge in [-0.15, -0.1) is 0 Å². The van der Waals surface area contributed by atoms with Crippen molar-refractivity contribution < 1.29 is 139 Å². The summed E-state index contributed by atoms with van der Waals surface area (Å²) in [6, 6.07) is -9.48. The fourth-order valence-electron chi connectivity index (χ4n) is 10.5. The van der Waals surface area contributed by atoms with Gasteiger partial charge in [0.1, 0.15) is 109 Å². The van der Waals surface area contributed by atoms with E-state index >= 15 is 0 Å². The molecule has 456 valence electrons. The van der Waals surface area contributed by atoms with Crippen LogP contribution >= 0.6 is 0 Å². The van der Waals surface area contributed by atoms with Crippen molar-refractivity contribution in [2.24, 2.45) is 34.4 Å². The molecule has 0 aromatic carbocycles. The van der Waals surface area contributed by atoms with Crippen LogP contribution < -0.4 is 34.4 Å². The Bertz CT molecular complexity index is 1860. The van der Waals surface area contributed by atoms with E-state index in [1.807, 2.05) is 6.92 Å². The molecular weight excluding hydrogens is 1060 g/mol. The molecule has 6 saturated heterocycles. The third-order valence-electron chi connectivity index (χ3n) is 15.4. The molecule has 78 heavy (non-hydrogen) atoms. The maximum Gasteiger partial charge on any atom is 0.309 e. The molecule has 34 nitrogen and oxygen atoms in total. The van der Waals surface area contributed by atoms with Crippen LogP contribution in [0.2, 0.25) is 0 Å². The lowest BCUT2D eigenvalue weighted by molar-refractivity contribution is -0.370. The summed E-state index contributed by atoms with van der Waals surface area (Å²) in [4.78, 5) is 14.3. The van der Waals surface area contributed by atoms with Crippen LogP contribution in [0, 0.1) is 0 Å². The maximum absolute atomic E-state index is 14.3. The Morgan fingerprint density at radius 1 is 0.474 bits per heavy atom. The zero-order chi connectivity index (χ0) is 57.9. The highest BCUT2D eigenvalue weighted by atomic mass is 16.8. The van der Waals surface area contributed by atoms with Crippen LogP contribution in [0.5, 0.6) is 0 Å². The van der Waals surface area contributed by atoms with E-state index in [0.717, 1.165) is 0 Å². The zero-order valence-electron chi connectivity index (χ0n) is 42.5. The highest BCUT2D eigenvalue weighted by Gasteiger charge is 2.62. The zero-order valence-corrected chi connectivity index (χ0v) is 42.5. The van der Waals surface area contributed by atoms with E-state index in [9.17, 15) is 86.5 Å². The molecule has 0 amide bonds. The van der Waals surface area contributed by atoms with Crippen molar-refractivity contribution in [1.82, 2.24) is 0 Å². The third kappa shape index (κ3) is 13.1. The number of aliphatic hydroxyl groups is 16. The molecule has 6 aliphatic rings. The first-order valence-electron chi connectivity index (χ1n) is 25.6. The lowest BCUT2D eigenvalue weighted by Crippen LogP contribution is -2.74. The van der Waals surface area contributed by atoms with Gasteiger partial charge < -0.3 is 168 Å². The van der Waals surface area contributed by atoms with Gasteiger partial charge in [0.05, 0.1) is 82.3 Å². The minimum absolute atomic E-state index is 0.201. The van der Waals surface area contributed by atoms with E-state index in [1.54, 1.807) is 0 Å². The molecule has 0 radical (unpaired) electrons. The van der Waals surface area contributed by atoms with Gasteiger partial charge in [-0.2, -0.15) is 0 Å². The van der Waals surface area contributed by atoms with Crippen molar-refractivity contribution in [2.45, 2.75) is 228 Å². The molecule has 6 fully saturated rings. The predicted octanol–water partition coefficient (Wildman–Crippen LogP) is -13.7. The van der Waals surface area contributed by atoms with Gasteiger partial charge >= 0.3 is 5.97 Å². The summed E-state index contributed by atoms with van der Waals surface area (Å²) in [7, 11) is 0. The van der Waals surface area contributed by atoms with Crippen molar-refractivity contribution in [3.05, 3.63) is 0 Å². The Kier molecular flexibility index (Phi) is 23.2. The molecule has 0 saturated carbocycles. The number of aliphatic hydroxyl groups excluding tert-OH is 16. The largest absolute Gasteiger partial charge is 0.459 e. The predicted molar refractivity (Wildman–Crippen MR) is 251 cm³/mol. The topological polar surface area (TPSA) is 598 Å². The van der Waals surface area contributed by atoms with Crippen molar-refractivity contribution in [2.75, 3.05) is 39.6 Å². The second-order valence-corrected chi connectivity index (χ2v) is 20.6. The number of nitrogens with two attached hydrogens (primary N) is 6. The van der Waals surface area contributed by atoms with Crippen LogP contribution in [0.25, 0.3) is 0 Å². The number of carbonyl (C=O) groups is 1. The van der Waals surface area contributed by atoms with Crippen LogP contribution in [-0.4, -0.2) is 316 Å². The highest BCUT2D eigenvalue weighted by molar-refractivity contribution is 5.71. The van der Waals surface area contributed by atoms with Gasteiger partial charge in [-0.1, -0.05) is 19.8 Å². The second kappa shape index (κ2) is 27.7. The number of unbranched alkanes of at least 4 members (excludes halogenated alkanes) is 2. The molecule has 34 heteroatoms. The first-order chi connectivity index (χ1) is 36.8. The molecule has 6 rings (SSSR count). The summed E-state index contributed by atoms with van der Waals surface area (Å²) in [5.74, 6) is -1.36. The van der Waals surface area contributed by atoms with Crippen molar-refractivity contribution in [3.8, 4) is 0 Å². The molecule has 28 N–H and O–H groups in total. The Morgan fingerprint density at radius 2 is 0.846 bits per heavy atom. The number of rotatable bonds is 22. The summed E-state index contributed by atoms with van der Waals surface area (Å²) >= 11 is 0. The number of esters is 1. The van der Waals surface area contributed by atoms with Crippen molar-refractivity contribution in [3.63, 3.8) is 0 Å². The summed E-state index contributed by atoms with van der Waals surface area (Å²) in [6.45, 7) is -4.13. The van der Waals surface area contributed by atoms with Gasteiger partial charge in [-0.3, -0.25) is 4.79 Å². The van der Waals surface area contributed by atoms with E-state index in [1.165, 1.54) is 0 Å². The van der Waals surface area contributed by atoms with Crippen molar-refractivity contribution >= 4 is 5.97 Å². The first-order valence-corrected chi connectivity index (χ1v) is 25.6. The highest BCUT2D eigenvalue weighted by Crippen LogP contribution is 2.41. The Balaban J connectivity index is 1.19. The summed E-state index contributed by atoms with van der Waals surface area (Å²) in [6.07, 6.45) is -40.5. The van der Waals surface area contributed by atoms with E-state index in [2.05, 4.69) is 0 Å². The average Bonchev–Trinajstić information content (AvgIpc) is 3.44. The van der Waals surface area contributed by atoms with Gasteiger partial charge in [0.25, 0.3) is 0 Å². The standard InChI is InChI=1S/C44H82N6O28/c1-2-3-4-5-17(44(12-56)36(65)30(63)24(50)42(78-44)76-34-16(10-54)71-40(22(48)28(34)61)74-32-14(8-52)69-38(67)20(46)26(32)59)72-18(57)6-43(11-55)35(64)29(62)23(49)41(77-43)75-33-15(9-53)70-39(21(47)27(33)60)73-31-13(7-51)68-37(66)19(45)25(31)58/h13-17,19-42,51-56,58-67H,2-12,45-50H2,1H3/t13-,14-,15-,16-,17?,19-,20-,21-,22-,23-,24-,25-,26-,27-,28-,29-,30-,31?,32?,33?,34?,35+,36+,37-,38-,39+,40+,41+,42+,43-,44+/m1/s1. The molecule has 0 spiro atoms. The molecule has 0 bridgehead atoms. The van der Waals surface area contributed by atoms with Crippen LogP contribution in [0.1, 0.15) is 39.0 Å². The number of hydrogen-bond donors (Lipinski definition) is 22. The minimum Gasteiger partial charge on any atom is -0.459 e. The average molecular weight is 1140 g/mol. The Hall–Kier alpha value is -1.81. The van der Waals surface area contributed by atoms with Crippen LogP contribution in [-0.2, 0) is 56.9 Å². The van der Waals surface area contributed by atoms with Gasteiger partial charge in [-0.05, 0) is 12.8 Å². The maximum atomic E-state index is 14.3. The Labute approximate surface area is 446 Å². The molecular formula is C44H82N6O28. The number of carbonyl (C=O) groups excluding carboxylic acids is 1. The van der Waals surface area contributed by atoms with Crippen LogP contribution in [0.4, 0.5) is 0 Å². The SMILES string of the molecule is CCCCCC(OC(=O)C[C@]1(CO)O[C@H](OC2[C@@H](CO)O[C@@H](OC3[C@@H](CO)O[C@@H](O)[C@H](N)[C@H]3O)[C@H](N)[C@H]2O)[C@H](N)[C@@H](O)[C@@H]1O)[C@]1(CO)O[C@H](OC2[C@@H](CO)O[C@@H](OC3[C@@H](CO)O[C@@H](O)[C@H](N)[C@H]3O)[C@H](N)[C@H]2O)[C@H](N)[C@@H](O)[C@@H]1O. The monoisotopic (exact) mass is 1140 g/mol. The van der Waals surface area contributed by atoms with Crippen LogP contribution in [0.15, 0.2) is 0 Å². The summed E-state index contributed by atoms with van der Waals surface area (Å²) in [5, 5.41) is 173. The first kappa shape index (κ1) is 65.3. The fraction of sp³-hybridized carbons (Fsp3) is 0.977. The van der Waals surface area contributed by atoms with E-state index in [-0.39, 0.29) is 12.8 Å². The summed E-state index contributed by atoms with van der Waals surface area (Å²) < 4.78 is 63.6. The minimum atomic E-state index is -2.58. The summed E-state index contributed by atoms with van der Waals surface area (Å²) in [5.41, 5.74) is 31.6. The van der Waals surface area contributed by atoms with Gasteiger partial charge in [-0.25, -0.2) is 0 Å². The normalized spacial score (nSPS) is 49.8. The smallest absolute Gasteiger partial charge is 0.309 e. The third-order valence-corrected chi connectivity index (χ3v) is 15.4. The Morgan fingerprint density at radius 3 is 1.24 bits per heavy atom. The molecule has 6 aliphatic heterocycles. The lowest BCUT2D eigenvalue weighted by Gasteiger charge is -2.53. The van der Waals surface area contributed by atoms with Gasteiger partial charge in [0, 0.05) is 0 Å². The van der Waals surface area contributed by atoms with Crippen LogP contribution in [0.3, 0.4) is 0 Å². The van der Waals surface area contributed by atoms with Crippen molar-refractivity contribution in [1.29, 1.82) is 0 Å². The number of ether oxygens (including phenoxy) is 11. The second-order valence-electron chi connectivity index (χ2n) is 20.6. The van der Waals surface area contributed by atoms with Gasteiger partial charge in [0.2, 0.25) is 0 Å². The lowest BCUT2D eigenvalue weighted by atomic mass is 9.80. The van der Waals surface area contributed by atoms with E-state index in [0.29, 0.717) is 12.8 Å². The molecule has 0 aromatic rings.